The van der Waals surface area contributed by atoms with Crippen LogP contribution in [0.2, 0.25) is 5.02 Å². The predicted molar refractivity (Wildman–Crippen MR) is 84.2 cm³/mol. The third-order valence-corrected chi connectivity index (χ3v) is 3.15. The Morgan fingerprint density at radius 3 is 2.50 bits per heavy atom. The zero-order valence-electron chi connectivity index (χ0n) is 11.5. The summed E-state index contributed by atoms with van der Waals surface area (Å²) in [5.41, 5.74) is 2.84. The zero-order chi connectivity index (χ0) is 14.5. The molecule has 3 nitrogen and oxygen atoms in total. The van der Waals surface area contributed by atoms with Gasteiger partial charge in [-0.2, -0.15) is 0 Å². The molecule has 0 aliphatic carbocycles. The summed E-state index contributed by atoms with van der Waals surface area (Å²) >= 11 is 6.00. The Hall–Kier alpha value is -2.00. The van der Waals surface area contributed by atoms with Crippen LogP contribution in [0.15, 0.2) is 48.5 Å². The number of nitrogens with one attached hydrogen (secondary N) is 2. The van der Waals surface area contributed by atoms with E-state index in [1.54, 1.807) is 0 Å². The second-order valence-electron chi connectivity index (χ2n) is 4.68. The monoisotopic (exact) mass is 288 g/mol. The Morgan fingerprint density at radius 1 is 1.10 bits per heavy atom. The molecule has 0 aliphatic rings. The number of carbonyl (C=O) groups is 1. The Balaban J connectivity index is 2.11. The number of hydrogen-bond donors (Lipinski definition) is 2. The summed E-state index contributed by atoms with van der Waals surface area (Å²) in [5, 5.41) is 6.88. The molecule has 0 saturated heterocycles. The summed E-state index contributed by atoms with van der Waals surface area (Å²) in [5.74, 6) is -0.0787. The van der Waals surface area contributed by atoms with Crippen molar-refractivity contribution in [3.63, 3.8) is 0 Å². The summed E-state index contributed by atoms with van der Waals surface area (Å²) in [7, 11) is 0. The molecule has 1 amide bonds. The van der Waals surface area contributed by atoms with E-state index in [-0.39, 0.29) is 11.9 Å². The fourth-order valence-electron chi connectivity index (χ4n) is 2.00. The standard InChI is InChI=1S/C16H17ClN2O/c1-11(13-5-3-6-14(17)9-13)18-15-7-4-8-16(10-15)19-12(2)20/h3-11,18H,1-2H3,(H,19,20). The van der Waals surface area contributed by atoms with Crippen molar-refractivity contribution in [2.45, 2.75) is 19.9 Å². The molecular weight excluding hydrogens is 272 g/mol. The molecule has 0 bridgehead atoms. The molecule has 2 aromatic rings. The number of halogens is 1. The van der Waals surface area contributed by atoms with Crippen molar-refractivity contribution >= 4 is 28.9 Å². The van der Waals surface area contributed by atoms with Crippen LogP contribution in [0.25, 0.3) is 0 Å². The third-order valence-electron chi connectivity index (χ3n) is 2.91. The average molecular weight is 289 g/mol. The lowest BCUT2D eigenvalue weighted by atomic mass is 10.1. The maximum Gasteiger partial charge on any atom is 0.221 e. The number of amides is 1. The lowest BCUT2D eigenvalue weighted by Crippen LogP contribution is -2.08. The molecule has 0 spiro atoms. The largest absolute Gasteiger partial charge is 0.378 e. The number of anilines is 2. The van der Waals surface area contributed by atoms with Gasteiger partial charge in [0.2, 0.25) is 5.91 Å². The van der Waals surface area contributed by atoms with Gasteiger partial charge in [0.1, 0.15) is 0 Å². The second kappa shape index (κ2) is 6.44. The number of rotatable bonds is 4. The van der Waals surface area contributed by atoms with Gasteiger partial charge in [0.15, 0.2) is 0 Å². The minimum absolute atomic E-state index is 0.0787. The van der Waals surface area contributed by atoms with Crippen LogP contribution in [0.5, 0.6) is 0 Å². The maximum absolute atomic E-state index is 11.1. The van der Waals surface area contributed by atoms with Gasteiger partial charge in [0, 0.05) is 29.4 Å². The van der Waals surface area contributed by atoms with Gasteiger partial charge in [-0.05, 0) is 42.8 Å². The highest BCUT2D eigenvalue weighted by molar-refractivity contribution is 6.30. The van der Waals surface area contributed by atoms with E-state index in [9.17, 15) is 4.79 Å². The van der Waals surface area contributed by atoms with Gasteiger partial charge >= 0.3 is 0 Å². The normalized spacial score (nSPS) is 11.8. The summed E-state index contributed by atoms with van der Waals surface area (Å²) < 4.78 is 0. The Labute approximate surface area is 124 Å². The topological polar surface area (TPSA) is 41.1 Å². The average Bonchev–Trinajstić information content (AvgIpc) is 2.38. The molecule has 4 heteroatoms. The minimum atomic E-state index is -0.0787. The summed E-state index contributed by atoms with van der Waals surface area (Å²) in [6.45, 7) is 3.56. The van der Waals surface area contributed by atoms with Crippen LogP contribution in [-0.2, 0) is 4.79 Å². The van der Waals surface area contributed by atoms with Crippen LogP contribution in [0.1, 0.15) is 25.5 Å². The smallest absolute Gasteiger partial charge is 0.221 e. The number of carbonyl (C=O) groups excluding carboxylic acids is 1. The van der Waals surface area contributed by atoms with Crippen LogP contribution < -0.4 is 10.6 Å². The molecule has 2 N–H and O–H groups in total. The van der Waals surface area contributed by atoms with Gasteiger partial charge in [-0.15, -0.1) is 0 Å². The summed E-state index contributed by atoms with van der Waals surface area (Å²) in [6, 6.07) is 15.5. The molecule has 2 rings (SSSR count). The first kappa shape index (κ1) is 14.4. The van der Waals surface area contributed by atoms with Gasteiger partial charge < -0.3 is 10.6 Å². The molecule has 0 aliphatic heterocycles. The van der Waals surface area contributed by atoms with E-state index in [1.807, 2.05) is 48.5 Å². The highest BCUT2D eigenvalue weighted by Crippen LogP contribution is 2.23. The van der Waals surface area contributed by atoms with Gasteiger partial charge in [0.05, 0.1) is 0 Å². The highest BCUT2D eigenvalue weighted by Gasteiger charge is 2.06. The Kier molecular flexibility index (Phi) is 4.64. The summed E-state index contributed by atoms with van der Waals surface area (Å²) in [6.07, 6.45) is 0. The van der Waals surface area contributed by atoms with Crippen molar-refractivity contribution in [2.24, 2.45) is 0 Å². The van der Waals surface area contributed by atoms with Crippen molar-refractivity contribution in [3.8, 4) is 0 Å². The molecule has 1 unspecified atom stereocenters. The van der Waals surface area contributed by atoms with Crippen molar-refractivity contribution in [3.05, 3.63) is 59.1 Å². The lowest BCUT2D eigenvalue weighted by molar-refractivity contribution is -0.114. The number of hydrogen-bond acceptors (Lipinski definition) is 2. The predicted octanol–water partition coefficient (Wildman–Crippen LogP) is 4.47. The first-order chi connectivity index (χ1) is 9.54. The van der Waals surface area contributed by atoms with Crippen LogP contribution >= 0.6 is 11.6 Å². The van der Waals surface area contributed by atoms with E-state index in [1.165, 1.54) is 6.92 Å². The van der Waals surface area contributed by atoms with E-state index in [0.29, 0.717) is 0 Å². The summed E-state index contributed by atoms with van der Waals surface area (Å²) in [4.78, 5) is 11.1. The fourth-order valence-corrected chi connectivity index (χ4v) is 2.20. The van der Waals surface area contributed by atoms with E-state index < -0.39 is 0 Å². The minimum Gasteiger partial charge on any atom is -0.378 e. The van der Waals surface area contributed by atoms with E-state index >= 15 is 0 Å². The van der Waals surface area contributed by atoms with E-state index in [0.717, 1.165) is 22.0 Å². The van der Waals surface area contributed by atoms with E-state index in [2.05, 4.69) is 17.6 Å². The SMILES string of the molecule is CC(=O)Nc1cccc(NC(C)c2cccc(Cl)c2)c1. The first-order valence-corrected chi connectivity index (χ1v) is 6.82. The molecule has 104 valence electrons. The molecule has 0 fully saturated rings. The van der Waals surface area contributed by atoms with Gasteiger partial charge in [0.25, 0.3) is 0 Å². The van der Waals surface area contributed by atoms with Crippen molar-refractivity contribution in [1.82, 2.24) is 0 Å². The van der Waals surface area contributed by atoms with Crippen molar-refractivity contribution < 1.29 is 4.79 Å². The Bertz CT molecular complexity index is 613. The molecule has 0 heterocycles. The molecule has 1 atom stereocenters. The molecule has 0 aromatic heterocycles. The molecule has 0 radical (unpaired) electrons. The lowest BCUT2D eigenvalue weighted by Gasteiger charge is -2.16. The van der Waals surface area contributed by atoms with Gasteiger partial charge in [-0.3, -0.25) is 4.79 Å². The first-order valence-electron chi connectivity index (χ1n) is 6.44. The van der Waals surface area contributed by atoms with Crippen LogP contribution in [-0.4, -0.2) is 5.91 Å². The molecule has 0 saturated carbocycles. The molecular formula is C16H17ClN2O. The van der Waals surface area contributed by atoms with Crippen LogP contribution in [0.3, 0.4) is 0 Å². The Morgan fingerprint density at radius 2 is 1.80 bits per heavy atom. The van der Waals surface area contributed by atoms with E-state index in [4.69, 9.17) is 11.6 Å². The third kappa shape index (κ3) is 4.00. The highest BCUT2D eigenvalue weighted by atomic mass is 35.5. The maximum atomic E-state index is 11.1. The quantitative estimate of drug-likeness (QED) is 0.871. The second-order valence-corrected chi connectivity index (χ2v) is 5.12. The zero-order valence-corrected chi connectivity index (χ0v) is 12.2. The van der Waals surface area contributed by atoms with Crippen LogP contribution in [0, 0.1) is 0 Å². The van der Waals surface area contributed by atoms with Gasteiger partial charge in [-0.25, -0.2) is 0 Å². The molecule has 2 aromatic carbocycles. The van der Waals surface area contributed by atoms with Gasteiger partial charge in [-0.1, -0.05) is 29.8 Å². The van der Waals surface area contributed by atoms with Crippen LogP contribution in [0.4, 0.5) is 11.4 Å². The number of benzene rings is 2. The fraction of sp³-hybridized carbons (Fsp3) is 0.188. The molecule has 20 heavy (non-hydrogen) atoms. The van der Waals surface area contributed by atoms with Crippen molar-refractivity contribution in [1.29, 1.82) is 0 Å². The van der Waals surface area contributed by atoms with Crippen molar-refractivity contribution in [2.75, 3.05) is 10.6 Å².